The van der Waals surface area contributed by atoms with Crippen molar-refractivity contribution >= 4 is 34.3 Å². The number of benzene rings is 2. The van der Waals surface area contributed by atoms with E-state index in [9.17, 15) is 14.4 Å². The van der Waals surface area contributed by atoms with Gasteiger partial charge in [-0.1, -0.05) is 49.4 Å². The molecule has 2 aliphatic rings. The molecule has 2 aromatic carbocycles. The van der Waals surface area contributed by atoms with Gasteiger partial charge in [-0.05, 0) is 56.5 Å². The monoisotopic (exact) mass is 530 g/mol. The van der Waals surface area contributed by atoms with Gasteiger partial charge in [0, 0.05) is 24.9 Å². The van der Waals surface area contributed by atoms with Crippen LogP contribution in [0.25, 0.3) is 10.9 Å². The average Bonchev–Trinajstić information content (AvgIpc) is 3.04. The Kier molecular flexibility index (Phi) is 7.38. The molecule has 3 amide bonds. The summed E-state index contributed by atoms with van der Waals surface area (Å²) < 4.78 is 7.22. The number of aryl methyl sites for hydroxylation is 1. The van der Waals surface area contributed by atoms with Crippen molar-refractivity contribution in [2.75, 3.05) is 12.4 Å². The SMILES string of the molecule is COc1ccc(CN2C(=O)c3c(NC(C)=O)c4cc(C)ccc4n3C[C@@]2(C)C(=O)NC2CCCCCC2)cc1. The van der Waals surface area contributed by atoms with E-state index in [-0.39, 0.29) is 36.9 Å². The highest BCUT2D eigenvalue weighted by Crippen LogP contribution is 2.40. The highest BCUT2D eigenvalue weighted by Gasteiger charge is 2.49. The summed E-state index contributed by atoms with van der Waals surface area (Å²) in [6, 6.07) is 13.6. The topological polar surface area (TPSA) is 92.7 Å². The predicted molar refractivity (Wildman–Crippen MR) is 152 cm³/mol. The van der Waals surface area contributed by atoms with Crippen LogP contribution in [0.3, 0.4) is 0 Å². The van der Waals surface area contributed by atoms with Crippen molar-refractivity contribution in [2.24, 2.45) is 0 Å². The van der Waals surface area contributed by atoms with E-state index in [1.807, 2.05) is 60.9 Å². The van der Waals surface area contributed by atoms with Crippen molar-refractivity contribution in [3.8, 4) is 5.75 Å². The maximum atomic E-state index is 14.4. The molecule has 0 radical (unpaired) electrons. The summed E-state index contributed by atoms with van der Waals surface area (Å²) in [6.07, 6.45) is 6.49. The zero-order valence-corrected chi connectivity index (χ0v) is 23.3. The molecule has 1 saturated carbocycles. The number of rotatable bonds is 6. The molecule has 1 atom stereocenters. The Morgan fingerprint density at radius 3 is 2.38 bits per heavy atom. The number of fused-ring (bicyclic) bond motifs is 3. The van der Waals surface area contributed by atoms with E-state index >= 15 is 0 Å². The first-order chi connectivity index (χ1) is 18.7. The second-order valence-corrected chi connectivity index (χ2v) is 11.2. The van der Waals surface area contributed by atoms with Gasteiger partial charge in [-0.15, -0.1) is 0 Å². The Bertz CT molecular complexity index is 1400. The van der Waals surface area contributed by atoms with E-state index in [1.165, 1.54) is 19.8 Å². The first-order valence-corrected chi connectivity index (χ1v) is 13.9. The first-order valence-electron chi connectivity index (χ1n) is 13.9. The van der Waals surface area contributed by atoms with E-state index in [0.717, 1.165) is 53.5 Å². The maximum absolute atomic E-state index is 14.4. The molecule has 1 aromatic heterocycles. The molecule has 2 heterocycles. The van der Waals surface area contributed by atoms with E-state index in [0.29, 0.717) is 11.4 Å². The number of anilines is 1. The molecule has 2 N–H and O–H groups in total. The van der Waals surface area contributed by atoms with Crippen molar-refractivity contribution in [1.82, 2.24) is 14.8 Å². The van der Waals surface area contributed by atoms with Crippen molar-refractivity contribution in [3.05, 3.63) is 59.3 Å². The minimum absolute atomic E-state index is 0.107. The number of hydrogen-bond acceptors (Lipinski definition) is 4. The molecular weight excluding hydrogens is 492 g/mol. The molecule has 1 fully saturated rings. The molecular formula is C31H38N4O4. The number of carbonyl (C=O) groups excluding carboxylic acids is 3. The number of carbonyl (C=O) groups is 3. The van der Waals surface area contributed by atoms with Gasteiger partial charge in [-0.25, -0.2) is 0 Å². The fourth-order valence-electron chi connectivity index (χ4n) is 6.02. The number of nitrogens with one attached hydrogen (secondary N) is 2. The first kappa shape index (κ1) is 26.8. The van der Waals surface area contributed by atoms with E-state index in [2.05, 4.69) is 10.6 Å². The molecule has 8 heteroatoms. The third-order valence-corrected chi connectivity index (χ3v) is 8.21. The largest absolute Gasteiger partial charge is 0.497 e. The molecule has 0 saturated heterocycles. The standard InChI is InChI=1S/C31H38N4O4/c1-20-11-16-26-25(17-20)27(32-21(2)36)28-29(37)35(18-22-12-14-24(39-4)15-13-22)31(3,19-34(26)28)30(38)33-23-9-7-5-6-8-10-23/h11-17,23H,5-10,18-19H2,1-4H3,(H,32,36)(H,33,38)/t31-/m0/s1. The average molecular weight is 531 g/mol. The van der Waals surface area contributed by atoms with Gasteiger partial charge in [-0.3, -0.25) is 14.4 Å². The Balaban J connectivity index is 1.61. The molecule has 0 bridgehead atoms. The Morgan fingerprint density at radius 1 is 1.05 bits per heavy atom. The molecule has 8 nitrogen and oxygen atoms in total. The third-order valence-electron chi connectivity index (χ3n) is 8.21. The van der Waals surface area contributed by atoms with E-state index in [4.69, 9.17) is 4.74 Å². The van der Waals surface area contributed by atoms with Gasteiger partial charge in [0.2, 0.25) is 11.8 Å². The van der Waals surface area contributed by atoms with Gasteiger partial charge in [0.1, 0.15) is 17.0 Å². The van der Waals surface area contributed by atoms with Gasteiger partial charge >= 0.3 is 0 Å². The van der Waals surface area contributed by atoms with Crippen LogP contribution in [-0.2, 0) is 22.7 Å². The molecule has 5 rings (SSSR count). The summed E-state index contributed by atoms with van der Waals surface area (Å²) in [5.74, 6) is 0.0481. The van der Waals surface area contributed by atoms with Crippen LogP contribution in [0.5, 0.6) is 5.75 Å². The van der Waals surface area contributed by atoms with Crippen LogP contribution in [0.15, 0.2) is 42.5 Å². The van der Waals surface area contributed by atoms with Gasteiger partial charge < -0.3 is 24.8 Å². The third kappa shape index (κ3) is 5.12. The van der Waals surface area contributed by atoms with Crippen LogP contribution >= 0.6 is 0 Å². The lowest BCUT2D eigenvalue weighted by atomic mass is 9.92. The van der Waals surface area contributed by atoms with Crippen molar-refractivity contribution < 1.29 is 19.1 Å². The molecule has 0 unspecified atom stereocenters. The lowest BCUT2D eigenvalue weighted by Gasteiger charge is -2.45. The van der Waals surface area contributed by atoms with Crippen molar-refractivity contribution in [2.45, 2.75) is 84.0 Å². The van der Waals surface area contributed by atoms with Crippen LogP contribution in [0.4, 0.5) is 5.69 Å². The van der Waals surface area contributed by atoms with Crippen LogP contribution < -0.4 is 15.4 Å². The number of amides is 3. The second kappa shape index (κ2) is 10.8. The fraction of sp³-hybridized carbons (Fsp3) is 0.452. The molecule has 1 aliphatic heterocycles. The molecule has 3 aromatic rings. The number of aromatic nitrogens is 1. The summed E-state index contributed by atoms with van der Waals surface area (Å²) in [5.41, 5.74) is 2.50. The van der Waals surface area contributed by atoms with Gasteiger partial charge in [0.25, 0.3) is 5.91 Å². The fourth-order valence-corrected chi connectivity index (χ4v) is 6.02. The normalized spacial score (nSPS) is 19.9. The summed E-state index contributed by atoms with van der Waals surface area (Å²) >= 11 is 0. The zero-order chi connectivity index (χ0) is 27.7. The summed E-state index contributed by atoms with van der Waals surface area (Å²) in [4.78, 5) is 42.4. The summed E-state index contributed by atoms with van der Waals surface area (Å²) in [6.45, 7) is 5.81. The number of ether oxygens (including phenoxy) is 1. The number of methoxy groups -OCH3 is 1. The summed E-state index contributed by atoms with van der Waals surface area (Å²) in [7, 11) is 1.61. The summed E-state index contributed by atoms with van der Waals surface area (Å²) in [5, 5.41) is 7.03. The minimum Gasteiger partial charge on any atom is -0.497 e. The molecule has 0 spiro atoms. The van der Waals surface area contributed by atoms with Gasteiger partial charge in [0.05, 0.1) is 24.9 Å². The van der Waals surface area contributed by atoms with Crippen molar-refractivity contribution in [1.29, 1.82) is 0 Å². The van der Waals surface area contributed by atoms with Gasteiger partial charge in [-0.2, -0.15) is 0 Å². The Hall–Kier alpha value is -3.81. The molecule has 39 heavy (non-hydrogen) atoms. The quantitative estimate of drug-likeness (QED) is 0.430. The highest BCUT2D eigenvalue weighted by atomic mass is 16.5. The Labute approximate surface area is 229 Å². The van der Waals surface area contributed by atoms with Crippen LogP contribution in [0, 0.1) is 6.92 Å². The molecule has 1 aliphatic carbocycles. The number of nitrogens with zero attached hydrogens (tertiary/aromatic N) is 2. The molecule has 206 valence electrons. The van der Waals surface area contributed by atoms with Gasteiger partial charge in [0.15, 0.2) is 0 Å². The smallest absolute Gasteiger partial charge is 0.273 e. The van der Waals surface area contributed by atoms with Crippen LogP contribution in [0.2, 0.25) is 0 Å². The van der Waals surface area contributed by atoms with Crippen molar-refractivity contribution in [3.63, 3.8) is 0 Å². The van der Waals surface area contributed by atoms with Crippen LogP contribution in [-0.4, -0.2) is 45.9 Å². The minimum atomic E-state index is -1.14. The Morgan fingerprint density at radius 2 is 1.74 bits per heavy atom. The second-order valence-electron chi connectivity index (χ2n) is 11.2. The van der Waals surface area contributed by atoms with E-state index in [1.54, 1.807) is 12.0 Å². The lowest BCUT2D eigenvalue weighted by molar-refractivity contribution is -0.134. The lowest BCUT2D eigenvalue weighted by Crippen LogP contribution is -2.64. The number of hydrogen-bond donors (Lipinski definition) is 2. The van der Waals surface area contributed by atoms with Crippen LogP contribution in [0.1, 0.15) is 74.0 Å². The predicted octanol–water partition coefficient (Wildman–Crippen LogP) is 5.17. The highest BCUT2D eigenvalue weighted by molar-refractivity contribution is 6.14. The zero-order valence-electron chi connectivity index (χ0n) is 23.3. The van der Waals surface area contributed by atoms with E-state index < -0.39 is 5.54 Å². The maximum Gasteiger partial charge on any atom is 0.273 e.